The van der Waals surface area contributed by atoms with Crippen molar-refractivity contribution in [3.8, 4) is 0 Å². The van der Waals surface area contributed by atoms with Crippen molar-refractivity contribution in [1.29, 1.82) is 0 Å². The number of hydrogen-bond acceptors (Lipinski definition) is 3. The molecule has 0 aliphatic heterocycles. The summed E-state index contributed by atoms with van der Waals surface area (Å²) in [7, 11) is 3.74. The van der Waals surface area contributed by atoms with Gasteiger partial charge in [0.2, 0.25) is 0 Å². The molecule has 0 radical (unpaired) electrons. The highest BCUT2D eigenvalue weighted by atomic mass is 16.6. The van der Waals surface area contributed by atoms with Gasteiger partial charge in [-0.15, -0.1) is 0 Å². The molecule has 1 aromatic rings. The molecule has 1 aromatic carbocycles. The molecule has 86 valence electrons. The molecular formula is C11H15N3O2. The first-order valence-corrected chi connectivity index (χ1v) is 4.88. The molecule has 1 rings (SSSR count). The molecule has 0 unspecified atom stereocenters. The predicted octanol–water partition coefficient (Wildman–Crippen LogP) is 2.43. The van der Waals surface area contributed by atoms with Gasteiger partial charge in [0.15, 0.2) is 0 Å². The van der Waals surface area contributed by atoms with Gasteiger partial charge >= 0.3 is 0 Å². The van der Waals surface area contributed by atoms with Crippen molar-refractivity contribution in [2.75, 3.05) is 14.1 Å². The average molecular weight is 221 g/mol. The highest BCUT2D eigenvalue weighted by molar-refractivity contribution is 5.65. The van der Waals surface area contributed by atoms with E-state index >= 15 is 0 Å². The minimum atomic E-state index is -0.373. The van der Waals surface area contributed by atoms with Gasteiger partial charge in [-0.2, -0.15) is 0 Å². The van der Waals surface area contributed by atoms with E-state index < -0.39 is 0 Å². The van der Waals surface area contributed by atoms with Crippen LogP contribution < -0.4 is 0 Å². The number of nitrogens with zero attached hydrogens (tertiary/aromatic N) is 3. The molecule has 0 spiro atoms. The van der Waals surface area contributed by atoms with Gasteiger partial charge in [0.25, 0.3) is 5.69 Å². The smallest absolute Gasteiger partial charge is 0.272 e. The zero-order chi connectivity index (χ0) is 12.3. The Morgan fingerprint density at radius 1 is 1.31 bits per heavy atom. The van der Waals surface area contributed by atoms with Gasteiger partial charge in [-0.05, 0) is 25.5 Å². The highest BCUT2D eigenvalue weighted by Crippen LogP contribution is 2.27. The van der Waals surface area contributed by atoms with E-state index in [1.165, 1.54) is 0 Å². The van der Waals surface area contributed by atoms with Crippen LogP contribution in [-0.4, -0.2) is 30.3 Å². The van der Waals surface area contributed by atoms with Gasteiger partial charge in [-0.3, -0.25) is 10.1 Å². The number of nitro groups is 1. The topological polar surface area (TPSA) is 58.7 Å². The van der Waals surface area contributed by atoms with Crippen molar-refractivity contribution in [2.24, 2.45) is 4.99 Å². The van der Waals surface area contributed by atoms with E-state index in [-0.39, 0.29) is 10.6 Å². The molecule has 0 aromatic heterocycles. The Labute approximate surface area is 94.6 Å². The SMILES string of the molecule is Cc1cc([N+](=O)[O-])c(C)cc1N=CN(C)C. The maximum Gasteiger partial charge on any atom is 0.272 e. The second-order valence-electron chi connectivity index (χ2n) is 3.89. The minimum absolute atomic E-state index is 0.140. The Balaban J connectivity index is 3.15. The van der Waals surface area contributed by atoms with Gasteiger partial charge in [0, 0.05) is 25.7 Å². The van der Waals surface area contributed by atoms with Crippen molar-refractivity contribution in [3.63, 3.8) is 0 Å². The van der Waals surface area contributed by atoms with E-state index in [9.17, 15) is 10.1 Å². The molecule has 0 atom stereocenters. The van der Waals surface area contributed by atoms with E-state index in [1.54, 1.807) is 25.4 Å². The van der Waals surface area contributed by atoms with E-state index in [4.69, 9.17) is 0 Å². The first-order chi connectivity index (χ1) is 7.41. The third kappa shape index (κ3) is 2.79. The molecule has 0 saturated carbocycles. The molecule has 5 nitrogen and oxygen atoms in total. The lowest BCUT2D eigenvalue weighted by atomic mass is 10.1. The molecular weight excluding hydrogens is 206 g/mol. The summed E-state index contributed by atoms with van der Waals surface area (Å²) in [5.41, 5.74) is 2.33. The second kappa shape index (κ2) is 4.74. The number of aryl methyl sites for hydroxylation is 2. The van der Waals surface area contributed by atoms with Crippen molar-refractivity contribution in [3.05, 3.63) is 33.4 Å². The van der Waals surface area contributed by atoms with Crippen molar-refractivity contribution in [2.45, 2.75) is 13.8 Å². The normalized spacial score (nSPS) is 10.8. The number of benzene rings is 1. The molecule has 0 amide bonds. The summed E-state index contributed by atoms with van der Waals surface area (Å²) in [5, 5.41) is 10.7. The molecule has 0 bridgehead atoms. The lowest BCUT2D eigenvalue weighted by Crippen LogP contribution is -2.07. The van der Waals surface area contributed by atoms with Gasteiger partial charge in [0.05, 0.1) is 16.9 Å². The van der Waals surface area contributed by atoms with Crippen LogP contribution in [-0.2, 0) is 0 Å². The van der Waals surface area contributed by atoms with Crippen LogP contribution in [0.5, 0.6) is 0 Å². The van der Waals surface area contributed by atoms with Crippen LogP contribution >= 0.6 is 0 Å². The van der Waals surface area contributed by atoms with Crippen LogP contribution in [0.3, 0.4) is 0 Å². The monoisotopic (exact) mass is 221 g/mol. The van der Waals surface area contributed by atoms with Crippen LogP contribution in [0.1, 0.15) is 11.1 Å². The number of hydrogen-bond donors (Lipinski definition) is 0. The van der Waals surface area contributed by atoms with Crippen LogP contribution in [0.25, 0.3) is 0 Å². The maximum atomic E-state index is 10.7. The molecule has 0 fully saturated rings. The first-order valence-electron chi connectivity index (χ1n) is 4.88. The summed E-state index contributed by atoms with van der Waals surface area (Å²) in [4.78, 5) is 16.4. The van der Waals surface area contributed by atoms with Gasteiger partial charge in [-0.1, -0.05) is 0 Å². The fourth-order valence-corrected chi connectivity index (χ4v) is 1.30. The summed E-state index contributed by atoms with van der Waals surface area (Å²) in [6.07, 6.45) is 1.67. The fourth-order valence-electron chi connectivity index (χ4n) is 1.30. The van der Waals surface area contributed by atoms with Crippen LogP contribution in [0.2, 0.25) is 0 Å². The van der Waals surface area contributed by atoms with Crippen molar-refractivity contribution >= 4 is 17.7 Å². The summed E-state index contributed by atoms with van der Waals surface area (Å²) in [6, 6.07) is 3.28. The molecule has 0 aliphatic carbocycles. The molecule has 0 heterocycles. The molecule has 5 heteroatoms. The summed E-state index contributed by atoms with van der Waals surface area (Å²) < 4.78 is 0. The van der Waals surface area contributed by atoms with Crippen molar-refractivity contribution < 1.29 is 4.92 Å². The Bertz CT molecular complexity index is 439. The molecule has 0 saturated heterocycles. The number of nitro benzene ring substituents is 1. The molecule has 0 N–H and O–H groups in total. The van der Waals surface area contributed by atoms with Gasteiger partial charge in [-0.25, -0.2) is 4.99 Å². The van der Waals surface area contributed by atoms with Gasteiger partial charge in [0.1, 0.15) is 0 Å². The Kier molecular flexibility index (Phi) is 3.60. The second-order valence-corrected chi connectivity index (χ2v) is 3.89. The zero-order valence-corrected chi connectivity index (χ0v) is 9.89. The fraction of sp³-hybridized carbons (Fsp3) is 0.364. The molecule has 16 heavy (non-hydrogen) atoms. The minimum Gasteiger partial charge on any atom is -0.369 e. The number of aliphatic imine (C=N–C) groups is 1. The largest absolute Gasteiger partial charge is 0.369 e. The van der Waals surface area contributed by atoms with Crippen LogP contribution in [0, 0.1) is 24.0 Å². The standard InChI is InChI=1S/C11H15N3O2/c1-8-6-11(14(15)16)9(2)5-10(8)12-7-13(3)4/h5-7H,1-4H3. The summed E-state index contributed by atoms with van der Waals surface area (Å²) >= 11 is 0. The quantitative estimate of drug-likeness (QED) is 0.341. The van der Waals surface area contributed by atoms with E-state index in [1.807, 2.05) is 25.9 Å². The maximum absolute atomic E-state index is 10.7. The lowest BCUT2D eigenvalue weighted by Gasteiger charge is -2.05. The van der Waals surface area contributed by atoms with E-state index in [0.717, 1.165) is 11.3 Å². The highest BCUT2D eigenvalue weighted by Gasteiger charge is 2.12. The Morgan fingerprint density at radius 3 is 2.44 bits per heavy atom. The lowest BCUT2D eigenvalue weighted by molar-refractivity contribution is -0.385. The van der Waals surface area contributed by atoms with Crippen molar-refractivity contribution in [1.82, 2.24) is 4.90 Å². The summed E-state index contributed by atoms with van der Waals surface area (Å²) in [6.45, 7) is 3.53. The number of rotatable bonds is 3. The Hall–Kier alpha value is -1.91. The molecule has 0 aliphatic rings. The third-order valence-electron chi connectivity index (χ3n) is 2.14. The zero-order valence-electron chi connectivity index (χ0n) is 9.89. The van der Waals surface area contributed by atoms with E-state index in [2.05, 4.69) is 4.99 Å². The average Bonchev–Trinajstić information content (AvgIpc) is 2.18. The third-order valence-corrected chi connectivity index (χ3v) is 2.14. The summed E-state index contributed by atoms with van der Waals surface area (Å²) in [5.74, 6) is 0. The van der Waals surface area contributed by atoms with Gasteiger partial charge < -0.3 is 4.90 Å². The first kappa shape index (κ1) is 12.2. The van der Waals surface area contributed by atoms with E-state index in [0.29, 0.717) is 5.56 Å². The Morgan fingerprint density at radius 2 is 1.94 bits per heavy atom. The van der Waals surface area contributed by atoms with Crippen LogP contribution in [0.15, 0.2) is 17.1 Å². The predicted molar refractivity (Wildman–Crippen MR) is 64.4 cm³/mol. The van der Waals surface area contributed by atoms with Crippen LogP contribution in [0.4, 0.5) is 11.4 Å².